The first-order valence-electron chi connectivity index (χ1n) is 6.60. The third-order valence-corrected chi connectivity index (χ3v) is 3.36. The number of furan rings is 1. The van der Waals surface area contributed by atoms with Gasteiger partial charge in [0.25, 0.3) is 0 Å². The molecule has 0 aliphatic carbocycles. The Labute approximate surface area is 115 Å². The molecular formula is C16H16O4. The Hall–Kier alpha value is -2.23. The smallest absolute Gasteiger partial charge is 0.347 e. The number of aryl methyl sites for hydroxylation is 2. The Morgan fingerprint density at radius 1 is 1.15 bits per heavy atom. The van der Waals surface area contributed by atoms with Crippen molar-refractivity contribution in [2.75, 3.05) is 0 Å². The average Bonchev–Trinajstić information content (AvgIpc) is 2.65. The standard InChI is InChI=1S/C16H16O4/c1-8(2)18-11-5-6-12-13(7-11)20-16(17)14-9(3)10(4)19-15(12)14/h5-8H,1-4H3. The van der Waals surface area contributed by atoms with E-state index in [1.54, 1.807) is 6.07 Å². The minimum atomic E-state index is -0.372. The average molecular weight is 272 g/mol. The number of fused-ring (bicyclic) bond motifs is 3. The zero-order valence-corrected chi connectivity index (χ0v) is 11.9. The minimum absolute atomic E-state index is 0.0657. The molecule has 0 fully saturated rings. The van der Waals surface area contributed by atoms with Gasteiger partial charge in [-0.1, -0.05) is 0 Å². The number of ether oxygens (including phenoxy) is 1. The maximum Gasteiger partial charge on any atom is 0.347 e. The molecule has 2 heterocycles. The topological polar surface area (TPSA) is 52.6 Å². The van der Waals surface area contributed by atoms with Crippen molar-refractivity contribution in [3.05, 3.63) is 39.9 Å². The van der Waals surface area contributed by atoms with Crippen molar-refractivity contribution in [3.63, 3.8) is 0 Å². The van der Waals surface area contributed by atoms with Crippen molar-refractivity contribution in [2.45, 2.75) is 33.8 Å². The summed E-state index contributed by atoms with van der Waals surface area (Å²) >= 11 is 0. The molecule has 0 radical (unpaired) electrons. The summed E-state index contributed by atoms with van der Waals surface area (Å²) in [6, 6.07) is 5.44. The van der Waals surface area contributed by atoms with E-state index in [0.717, 1.165) is 16.7 Å². The molecule has 0 saturated heterocycles. The molecule has 0 atom stereocenters. The monoisotopic (exact) mass is 272 g/mol. The Kier molecular flexibility index (Phi) is 2.82. The molecule has 0 spiro atoms. The van der Waals surface area contributed by atoms with Gasteiger partial charge in [0.1, 0.15) is 22.5 Å². The largest absolute Gasteiger partial charge is 0.491 e. The van der Waals surface area contributed by atoms with Crippen molar-refractivity contribution in [1.82, 2.24) is 0 Å². The molecule has 0 N–H and O–H groups in total. The van der Waals surface area contributed by atoms with E-state index in [0.29, 0.717) is 22.3 Å². The summed E-state index contributed by atoms with van der Waals surface area (Å²) in [5.41, 5.74) is 1.53. The summed E-state index contributed by atoms with van der Waals surface area (Å²) in [5, 5.41) is 1.31. The van der Waals surface area contributed by atoms with Crippen LogP contribution in [0.5, 0.6) is 5.75 Å². The van der Waals surface area contributed by atoms with Crippen LogP contribution >= 0.6 is 0 Å². The summed E-state index contributed by atoms with van der Waals surface area (Å²) in [6.07, 6.45) is 0.0657. The van der Waals surface area contributed by atoms with Crippen molar-refractivity contribution in [3.8, 4) is 5.75 Å². The van der Waals surface area contributed by atoms with Crippen LogP contribution in [0.4, 0.5) is 0 Å². The molecule has 1 aromatic carbocycles. The molecule has 2 aromatic heterocycles. The van der Waals surface area contributed by atoms with Crippen molar-refractivity contribution < 1.29 is 13.6 Å². The molecule has 20 heavy (non-hydrogen) atoms. The Balaban J connectivity index is 2.34. The van der Waals surface area contributed by atoms with Gasteiger partial charge >= 0.3 is 5.63 Å². The van der Waals surface area contributed by atoms with Gasteiger partial charge in [0, 0.05) is 11.6 Å². The lowest BCUT2D eigenvalue weighted by molar-refractivity contribution is 0.242. The lowest BCUT2D eigenvalue weighted by Gasteiger charge is -2.09. The van der Waals surface area contributed by atoms with Gasteiger partial charge < -0.3 is 13.6 Å². The van der Waals surface area contributed by atoms with Crippen molar-refractivity contribution in [2.24, 2.45) is 0 Å². The highest BCUT2D eigenvalue weighted by molar-refractivity contribution is 6.02. The minimum Gasteiger partial charge on any atom is -0.491 e. The first-order chi connectivity index (χ1) is 9.47. The molecule has 104 valence electrons. The molecule has 0 bridgehead atoms. The third kappa shape index (κ3) is 1.88. The lowest BCUT2D eigenvalue weighted by atomic mass is 10.1. The quantitative estimate of drug-likeness (QED) is 0.663. The molecule has 0 amide bonds. The van der Waals surface area contributed by atoms with E-state index in [-0.39, 0.29) is 11.7 Å². The summed E-state index contributed by atoms with van der Waals surface area (Å²) in [6.45, 7) is 7.60. The van der Waals surface area contributed by atoms with Crippen LogP contribution in [-0.2, 0) is 0 Å². The van der Waals surface area contributed by atoms with Gasteiger partial charge in [0.05, 0.1) is 11.5 Å². The zero-order valence-electron chi connectivity index (χ0n) is 11.9. The highest BCUT2D eigenvalue weighted by Gasteiger charge is 2.16. The molecule has 4 nitrogen and oxygen atoms in total. The molecule has 3 rings (SSSR count). The van der Waals surface area contributed by atoms with Gasteiger partial charge in [-0.3, -0.25) is 0 Å². The van der Waals surface area contributed by atoms with Gasteiger partial charge in [-0.25, -0.2) is 4.79 Å². The number of benzene rings is 1. The van der Waals surface area contributed by atoms with Gasteiger partial charge in [-0.15, -0.1) is 0 Å². The van der Waals surface area contributed by atoms with Gasteiger partial charge in [-0.2, -0.15) is 0 Å². The van der Waals surface area contributed by atoms with Crippen LogP contribution in [0.2, 0.25) is 0 Å². The normalized spacial score (nSPS) is 11.7. The van der Waals surface area contributed by atoms with Gasteiger partial charge in [-0.05, 0) is 39.8 Å². The summed E-state index contributed by atoms with van der Waals surface area (Å²) < 4.78 is 16.7. The van der Waals surface area contributed by atoms with Crippen LogP contribution < -0.4 is 10.4 Å². The molecule has 0 aliphatic heterocycles. The second-order valence-electron chi connectivity index (χ2n) is 5.20. The van der Waals surface area contributed by atoms with Crippen molar-refractivity contribution >= 4 is 21.9 Å². The maximum absolute atomic E-state index is 12.1. The molecular weight excluding hydrogens is 256 g/mol. The van der Waals surface area contributed by atoms with Gasteiger partial charge in [0.2, 0.25) is 0 Å². The van der Waals surface area contributed by atoms with E-state index in [1.165, 1.54) is 0 Å². The van der Waals surface area contributed by atoms with Crippen LogP contribution in [0.3, 0.4) is 0 Å². The van der Waals surface area contributed by atoms with Crippen molar-refractivity contribution in [1.29, 1.82) is 0 Å². The molecule has 3 aromatic rings. The fourth-order valence-electron chi connectivity index (χ4n) is 2.33. The van der Waals surface area contributed by atoms with E-state index < -0.39 is 0 Å². The summed E-state index contributed by atoms with van der Waals surface area (Å²) in [7, 11) is 0. The Morgan fingerprint density at radius 3 is 2.60 bits per heavy atom. The fourth-order valence-corrected chi connectivity index (χ4v) is 2.33. The van der Waals surface area contributed by atoms with E-state index in [2.05, 4.69) is 0 Å². The Bertz CT molecular complexity index is 852. The number of hydrogen-bond donors (Lipinski definition) is 0. The molecule has 4 heteroatoms. The van der Waals surface area contributed by atoms with Crippen LogP contribution in [0.1, 0.15) is 25.2 Å². The van der Waals surface area contributed by atoms with Crippen LogP contribution in [0.15, 0.2) is 31.8 Å². The maximum atomic E-state index is 12.1. The van der Waals surface area contributed by atoms with E-state index in [9.17, 15) is 4.79 Å². The molecule has 0 saturated carbocycles. The first kappa shape index (κ1) is 12.8. The SMILES string of the molecule is Cc1oc2c(c1C)c(=O)oc1cc(OC(C)C)ccc12. The zero-order chi connectivity index (χ0) is 14.4. The predicted molar refractivity (Wildman–Crippen MR) is 77.5 cm³/mol. The van der Waals surface area contributed by atoms with Crippen LogP contribution in [0, 0.1) is 13.8 Å². The third-order valence-electron chi connectivity index (χ3n) is 3.36. The molecule has 0 unspecified atom stereocenters. The Morgan fingerprint density at radius 2 is 1.90 bits per heavy atom. The molecule has 0 aliphatic rings. The predicted octanol–water partition coefficient (Wildman–Crippen LogP) is 3.94. The second kappa shape index (κ2) is 4.40. The van der Waals surface area contributed by atoms with E-state index >= 15 is 0 Å². The summed E-state index contributed by atoms with van der Waals surface area (Å²) in [4.78, 5) is 12.1. The van der Waals surface area contributed by atoms with E-state index in [1.807, 2.05) is 39.8 Å². The summed E-state index contributed by atoms with van der Waals surface area (Å²) in [5.74, 6) is 1.41. The lowest BCUT2D eigenvalue weighted by Crippen LogP contribution is -2.05. The van der Waals surface area contributed by atoms with Gasteiger partial charge in [0.15, 0.2) is 5.58 Å². The number of rotatable bonds is 2. The highest BCUT2D eigenvalue weighted by atomic mass is 16.5. The van der Waals surface area contributed by atoms with Crippen LogP contribution in [0.25, 0.3) is 21.9 Å². The fraction of sp³-hybridized carbons (Fsp3) is 0.312. The first-order valence-corrected chi connectivity index (χ1v) is 6.60. The highest BCUT2D eigenvalue weighted by Crippen LogP contribution is 2.30. The van der Waals surface area contributed by atoms with Crippen LogP contribution in [-0.4, -0.2) is 6.10 Å². The second-order valence-corrected chi connectivity index (χ2v) is 5.20. The van der Waals surface area contributed by atoms with E-state index in [4.69, 9.17) is 13.6 Å². The number of hydrogen-bond acceptors (Lipinski definition) is 4.